The Morgan fingerprint density at radius 1 is 1.33 bits per heavy atom. The molecule has 0 aromatic heterocycles. The summed E-state index contributed by atoms with van der Waals surface area (Å²) in [5.74, 6) is -0.794. The van der Waals surface area contributed by atoms with E-state index in [0.29, 0.717) is 19.4 Å². The second kappa shape index (κ2) is 5.57. The van der Waals surface area contributed by atoms with E-state index >= 15 is 0 Å². The molecular formula is C12H23NO4S. The molecule has 1 saturated heterocycles. The third-order valence-electron chi connectivity index (χ3n) is 3.05. The second-order valence-electron chi connectivity index (χ2n) is 6.15. The van der Waals surface area contributed by atoms with Crippen molar-refractivity contribution in [1.82, 2.24) is 4.31 Å². The molecule has 0 amide bonds. The van der Waals surface area contributed by atoms with Crippen LogP contribution >= 0.6 is 0 Å². The molecule has 0 saturated carbocycles. The van der Waals surface area contributed by atoms with Gasteiger partial charge in [0.15, 0.2) is 0 Å². The number of carboxylic acid groups (broad SMARTS) is 1. The predicted octanol–water partition coefficient (Wildman–Crippen LogP) is 1.69. The molecule has 106 valence electrons. The van der Waals surface area contributed by atoms with Crippen molar-refractivity contribution >= 4 is 16.0 Å². The van der Waals surface area contributed by atoms with E-state index < -0.39 is 22.0 Å². The van der Waals surface area contributed by atoms with Gasteiger partial charge in [-0.15, -0.1) is 0 Å². The lowest BCUT2D eigenvalue weighted by Crippen LogP contribution is -2.47. The smallest absolute Gasteiger partial charge is 0.304 e. The number of hydrogen-bond acceptors (Lipinski definition) is 3. The molecule has 1 aliphatic heterocycles. The van der Waals surface area contributed by atoms with Crippen molar-refractivity contribution in [2.75, 3.05) is 12.3 Å². The van der Waals surface area contributed by atoms with Gasteiger partial charge in [-0.1, -0.05) is 20.8 Å². The molecule has 0 radical (unpaired) electrons. The quantitative estimate of drug-likeness (QED) is 0.848. The van der Waals surface area contributed by atoms with Crippen molar-refractivity contribution < 1.29 is 18.3 Å². The monoisotopic (exact) mass is 277 g/mol. The van der Waals surface area contributed by atoms with Gasteiger partial charge in [0.1, 0.15) is 0 Å². The summed E-state index contributed by atoms with van der Waals surface area (Å²) >= 11 is 0. The zero-order valence-corrected chi connectivity index (χ0v) is 12.2. The molecular weight excluding hydrogens is 254 g/mol. The van der Waals surface area contributed by atoms with Crippen molar-refractivity contribution in [3.05, 3.63) is 0 Å². The Bertz CT molecular complexity index is 397. The summed E-state index contributed by atoms with van der Waals surface area (Å²) in [7, 11) is -3.27. The van der Waals surface area contributed by atoms with Crippen LogP contribution < -0.4 is 0 Å². The highest BCUT2D eigenvalue weighted by Crippen LogP contribution is 2.29. The first-order valence-electron chi connectivity index (χ1n) is 6.33. The zero-order valence-electron chi connectivity index (χ0n) is 11.3. The Morgan fingerprint density at radius 2 is 1.94 bits per heavy atom. The minimum atomic E-state index is -3.27. The lowest BCUT2D eigenvalue weighted by Gasteiger charge is -2.36. The number of carbonyl (C=O) groups is 1. The van der Waals surface area contributed by atoms with Gasteiger partial charge in [-0.2, -0.15) is 4.31 Å². The Hall–Kier alpha value is -0.620. The molecule has 1 unspecified atom stereocenters. The van der Waals surface area contributed by atoms with Crippen LogP contribution in [0.3, 0.4) is 0 Å². The molecule has 5 nitrogen and oxygen atoms in total. The SMILES string of the molecule is CC(C)(C)CC(CC(=O)O)N1CCCCS1(=O)=O. The van der Waals surface area contributed by atoms with Crippen LogP contribution in [0.4, 0.5) is 0 Å². The summed E-state index contributed by atoms with van der Waals surface area (Å²) < 4.78 is 25.5. The summed E-state index contributed by atoms with van der Waals surface area (Å²) in [6.07, 6.45) is 1.95. The van der Waals surface area contributed by atoms with Crippen LogP contribution in [0.1, 0.15) is 46.5 Å². The van der Waals surface area contributed by atoms with Crippen LogP contribution in [-0.4, -0.2) is 42.1 Å². The first kappa shape index (κ1) is 15.4. The molecule has 0 bridgehead atoms. The average Bonchev–Trinajstić information content (AvgIpc) is 2.12. The van der Waals surface area contributed by atoms with Gasteiger partial charge in [0.25, 0.3) is 0 Å². The second-order valence-corrected chi connectivity index (χ2v) is 8.19. The van der Waals surface area contributed by atoms with Gasteiger partial charge in [-0.05, 0) is 24.7 Å². The standard InChI is InChI=1S/C12H23NO4S/c1-12(2,3)9-10(8-11(14)15)13-6-4-5-7-18(13,16)17/h10H,4-9H2,1-3H3,(H,14,15). The van der Waals surface area contributed by atoms with Crippen molar-refractivity contribution in [1.29, 1.82) is 0 Å². The van der Waals surface area contributed by atoms with Crippen molar-refractivity contribution in [2.45, 2.75) is 52.5 Å². The van der Waals surface area contributed by atoms with Gasteiger partial charge >= 0.3 is 5.97 Å². The van der Waals surface area contributed by atoms with E-state index in [-0.39, 0.29) is 17.6 Å². The summed E-state index contributed by atoms with van der Waals surface area (Å²) in [4.78, 5) is 10.9. The molecule has 0 aliphatic carbocycles. The largest absolute Gasteiger partial charge is 0.481 e. The fraction of sp³-hybridized carbons (Fsp3) is 0.917. The highest BCUT2D eigenvalue weighted by Gasteiger charge is 2.35. The highest BCUT2D eigenvalue weighted by molar-refractivity contribution is 7.89. The number of nitrogens with zero attached hydrogens (tertiary/aromatic N) is 1. The van der Waals surface area contributed by atoms with Gasteiger partial charge in [0.05, 0.1) is 12.2 Å². The lowest BCUT2D eigenvalue weighted by molar-refractivity contribution is -0.138. The fourth-order valence-corrected chi connectivity index (χ4v) is 4.22. The molecule has 0 spiro atoms. The normalized spacial score (nSPS) is 22.6. The fourth-order valence-electron chi connectivity index (χ4n) is 2.40. The molecule has 1 rings (SSSR count). The zero-order chi connectivity index (χ0) is 14.0. The minimum absolute atomic E-state index is 0.0902. The van der Waals surface area contributed by atoms with E-state index in [1.165, 1.54) is 4.31 Å². The average molecular weight is 277 g/mol. The van der Waals surface area contributed by atoms with Crippen molar-refractivity contribution in [3.63, 3.8) is 0 Å². The van der Waals surface area contributed by atoms with E-state index in [4.69, 9.17) is 5.11 Å². The number of carboxylic acids is 1. The topological polar surface area (TPSA) is 74.7 Å². The first-order chi connectivity index (χ1) is 8.12. The molecule has 0 aromatic carbocycles. The Kier molecular flexibility index (Phi) is 4.78. The van der Waals surface area contributed by atoms with Crippen LogP contribution in [0.15, 0.2) is 0 Å². The Balaban J connectivity index is 2.90. The number of sulfonamides is 1. The molecule has 1 fully saturated rings. The van der Waals surface area contributed by atoms with E-state index in [0.717, 1.165) is 6.42 Å². The molecule has 0 aromatic rings. The predicted molar refractivity (Wildman–Crippen MR) is 69.8 cm³/mol. The molecule has 1 atom stereocenters. The van der Waals surface area contributed by atoms with Gasteiger partial charge < -0.3 is 5.11 Å². The van der Waals surface area contributed by atoms with Gasteiger partial charge in [0, 0.05) is 12.6 Å². The number of hydrogen-bond donors (Lipinski definition) is 1. The molecule has 6 heteroatoms. The third-order valence-corrected chi connectivity index (χ3v) is 5.05. The summed E-state index contributed by atoms with van der Waals surface area (Å²) in [6.45, 7) is 6.45. The maximum absolute atomic E-state index is 12.0. The summed E-state index contributed by atoms with van der Waals surface area (Å²) in [6, 6.07) is -0.423. The Labute approximate surface area is 109 Å². The third kappa shape index (κ3) is 4.57. The summed E-state index contributed by atoms with van der Waals surface area (Å²) in [5, 5.41) is 8.96. The van der Waals surface area contributed by atoms with Crippen LogP contribution in [0.25, 0.3) is 0 Å². The summed E-state index contributed by atoms with van der Waals surface area (Å²) in [5.41, 5.74) is -0.0902. The van der Waals surface area contributed by atoms with Gasteiger partial charge in [-0.3, -0.25) is 4.79 Å². The van der Waals surface area contributed by atoms with Crippen molar-refractivity contribution in [2.24, 2.45) is 5.41 Å². The van der Waals surface area contributed by atoms with E-state index in [2.05, 4.69) is 0 Å². The number of aliphatic carboxylic acids is 1. The van der Waals surface area contributed by atoms with Gasteiger partial charge in [-0.25, -0.2) is 8.42 Å². The van der Waals surface area contributed by atoms with Crippen LogP contribution in [-0.2, 0) is 14.8 Å². The minimum Gasteiger partial charge on any atom is -0.481 e. The van der Waals surface area contributed by atoms with E-state index in [1.807, 2.05) is 20.8 Å². The molecule has 1 heterocycles. The lowest BCUT2D eigenvalue weighted by atomic mass is 9.87. The molecule has 1 N–H and O–H groups in total. The maximum Gasteiger partial charge on any atom is 0.304 e. The van der Waals surface area contributed by atoms with Gasteiger partial charge in [0.2, 0.25) is 10.0 Å². The molecule has 18 heavy (non-hydrogen) atoms. The van der Waals surface area contributed by atoms with Crippen molar-refractivity contribution in [3.8, 4) is 0 Å². The highest BCUT2D eigenvalue weighted by atomic mass is 32.2. The van der Waals surface area contributed by atoms with Crippen LogP contribution in [0.2, 0.25) is 0 Å². The Morgan fingerprint density at radius 3 is 2.39 bits per heavy atom. The maximum atomic E-state index is 12.0. The van der Waals surface area contributed by atoms with E-state index in [1.54, 1.807) is 0 Å². The first-order valence-corrected chi connectivity index (χ1v) is 7.94. The van der Waals surface area contributed by atoms with Crippen LogP contribution in [0, 0.1) is 5.41 Å². The molecule has 1 aliphatic rings. The number of rotatable bonds is 4. The van der Waals surface area contributed by atoms with Crippen LogP contribution in [0.5, 0.6) is 0 Å². The van der Waals surface area contributed by atoms with E-state index in [9.17, 15) is 13.2 Å².